The minimum atomic E-state index is 0.868. The lowest BCUT2D eigenvalue weighted by molar-refractivity contribution is 0.506. The van der Waals surface area contributed by atoms with Gasteiger partial charge in [0, 0.05) is 0 Å². The van der Waals surface area contributed by atoms with E-state index in [1.807, 2.05) is 0 Å². The van der Waals surface area contributed by atoms with Gasteiger partial charge >= 0.3 is 0 Å². The summed E-state index contributed by atoms with van der Waals surface area (Å²) in [5, 5.41) is 0.868. The maximum atomic E-state index is 4.60. The molecule has 1 heterocycles. The van der Waals surface area contributed by atoms with Crippen molar-refractivity contribution in [3.8, 4) is 0 Å². The van der Waals surface area contributed by atoms with Gasteiger partial charge in [0.1, 0.15) is 12.0 Å². The van der Waals surface area contributed by atoms with Gasteiger partial charge in [-0.15, -0.1) is 0 Å². The molecule has 0 amide bonds. The van der Waals surface area contributed by atoms with E-state index in [0.29, 0.717) is 0 Å². The Hall–Kier alpha value is 0.0200. The molecule has 0 radical (unpaired) electrons. The second-order valence-corrected chi connectivity index (χ2v) is 1.40. The van der Waals surface area contributed by atoms with E-state index < -0.39 is 0 Å². The number of hydrogen-bond acceptors (Lipinski definition) is 1. The van der Waals surface area contributed by atoms with Gasteiger partial charge in [0.2, 0.25) is 0 Å². The van der Waals surface area contributed by atoms with Crippen LogP contribution in [-0.2, 0) is 4.74 Å². The Labute approximate surface area is 38.8 Å². The van der Waals surface area contributed by atoms with Gasteiger partial charge in [-0.25, -0.2) is 0 Å². The third kappa shape index (κ3) is 0.651. The molecule has 0 aromatic heterocycles. The molecule has 0 aromatic carbocycles. The summed E-state index contributed by atoms with van der Waals surface area (Å²) in [5.41, 5.74) is 0. The summed E-state index contributed by atoms with van der Waals surface area (Å²) in [6.07, 6.45) is 1.72. The highest BCUT2D eigenvalue weighted by Crippen LogP contribution is 2.14. The molecule has 0 aromatic rings. The first-order valence-electron chi connectivity index (χ1n) is 1.35. The van der Waals surface area contributed by atoms with E-state index >= 15 is 0 Å². The van der Waals surface area contributed by atoms with E-state index in [1.54, 1.807) is 6.26 Å². The van der Waals surface area contributed by atoms with Crippen LogP contribution < -0.4 is 0 Å². The first-order valence-corrected chi connectivity index (χ1v) is 2.47. The molecular weight excluding hydrogens is 132 g/mol. The standard InChI is InChI=1S/C3H3BrO/c4-1-3-2-5-3/h2H,1H2. The van der Waals surface area contributed by atoms with Gasteiger partial charge in [-0.1, -0.05) is 15.9 Å². The Balaban J connectivity index is 2.22. The van der Waals surface area contributed by atoms with Gasteiger partial charge in [-0.05, 0) is 0 Å². The van der Waals surface area contributed by atoms with Gasteiger partial charge in [-0.2, -0.15) is 0 Å². The SMILES string of the molecule is BrCC1=CO1. The highest BCUT2D eigenvalue weighted by Gasteiger charge is 2.04. The van der Waals surface area contributed by atoms with E-state index in [4.69, 9.17) is 0 Å². The van der Waals surface area contributed by atoms with Crippen LogP contribution in [0.2, 0.25) is 0 Å². The van der Waals surface area contributed by atoms with Crippen molar-refractivity contribution >= 4 is 15.9 Å². The van der Waals surface area contributed by atoms with Crippen molar-refractivity contribution in [2.24, 2.45) is 0 Å². The predicted molar refractivity (Wildman–Crippen MR) is 23.0 cm³/mol. The second-order valence-electron chi connectivity index (χ2n) is 0.836. The highest BCUT2D eigenvalue weighted by molar-refractivity contribution is 9.09. The van der Waals surface area contributed by atoms with Crippen molar-refractivity contribution in [3.63, 3.8) is 0 Å². The van der Waals surface area contributed by atoms with Gasteiger partial charge in [0.25, 0.3) is 0 Å². The number of allylic oxidation sites excluding steroid dienone is 1. The Morgan fingerprint density at radius 3 is 2.60 bits per heavy atom. The number of alkyl halides is 1. The zero-order chi connectivity index (χ0) is 3.70. The molecule has 0 aliphatic carbocycles. The first kappa shape index (κ1) is 3.22. The summed E-state index contributed by atoms with van der Waals surface area (Å²) in [4.78, 5) is 0. The summed E-state index contributed by atoms with van der Waals surface area (Å²) in [7, 11) is 0. The maximum Gasteiger partial charge on any atom is 0.149 e. The fourth-order valence-corrected chi connectivity index (χ4v) is 0.369. The fraction of sp³-hybridized carbons (Fsp3) is 0.333. The van der Waals surface area contributed by atoms with E-state index in [1.165, 1.54) is 0 Å². The van der Waals surface area contributed by atoms with E-state index in [-0.39, 0.29) is 0 Å². The van der Waals surface area contributed by atoms with E-state index in [2.05, 4.69) is 20.7 Å². The first-order chi connectivity index (χ1) is 2.43. The third-order valence-electron chi connectivity index (χ3n) is 0.416. The van der Waals surface area contributed by atoms with Crippen LogP contribution in [0.25, 0.3) is 0 Å². The summed E-state index contributed by atoms with van der Waals surface area (Å²) < 4.78 is 4.60. The molecule has 0 saturated heterocycles. The van der Waals surface area contributed by atoms with Gasteiger partial charge in [0.05, 0.1) is 5.33 Å². The molecule has 1 aliphatic rings. The molecule has 2 heteroatoms. The molecule has 0 bridgehead atoms. The van der Waals surface area contributed by atoms with Crippen molar-refractivity contribution in [1.82, 2.24) is 0 Å². The van der Waals surface area contributed by atoms with Crippen LogP contribution in [0.5, 0.6) is 0 Å². The Bertz CT molecular complexity index is 67.3. The number of ether oxygens (including phenoxy) is 1. The van der Waals surface area contributed by atoms with Crippen LogP contribution in [0.1, 0.15) is 0 Å². The average Bonchev–Trinajstić information content (AvgIpc) is 2.12. The maximum absolute atomic E-state index is 4.60. The molecule has 0 atom stereocenters. The molecule has 0 fully saturated rings. The summed E-state index contributed by atoms with van der Waals surface area (Å²) in [5.74, 6) is 1.05. The molecule has 28 valence electrons. The lowest BCUT2D eigenvalue weighted by Gasteiger charge is -1.65. The summed E-state index contributed by atoms with van der Waals surface area (Å²) in [6, 6.07) is 0. The zero-order valence-electron chi connectivity index (χ0n) is 2.57. The number of hydrogen-bond donors (Lipinski definition) is 0. The van der Waals surface area contributed by atoms with Crippen molar-refractivity contribution in [2.75, 3.05) is 5.33 Å². The van der Waals surface area contributed by atoms with Crippen LogP contribution in [-0.4, -0.2) is 5.33 Å². The molecule has 0 spiro atoms. The normalized spacial score (nSPS) is 16.6. The quantitative estimate of drug-likeness (QED) is 0.493. The fourth-order valence-electron chi connectivity index (χ4n) is 0.105. The minimum absolute atomic E-state index is 0.868. The van der Waals surface area contributed by atoms with Gasteiger partial charge in [-0.3, -0.25) is 0 Å². The zero-order valence-corrected chi connectivity index (χ0v) is 4.16. The van der Waals surface area contributed by atoms with Crippen molar-refractivity contribution < 1.29 is 4.74 Å². The lowest BCUT2D eigenvalue weighted by atomic mass is 10.8. The highest BCUT2D eigenvalue weighted by atomic mass is 79.9. The summed E-state index contributed by atoms with van der Waals surface area (Å²) >= 11 is 3.18. The average molecular weight is 135 g/mol. The molecule has 5 heavy (non-hydrogen) atoms. The largest absolute Gasteiger partial charge is 0.462 e. The molecule has 1 nitrogen and oxygen atoms in total. The third-order valence-corrected chi connectivity index (χ3v) is 0.969. The monoisotopic (exact) mass is 134 g/mol. The van der Waals surface area contributed by atoms with Gasteiger partial charge < -0.3 is 4.74 Å². The van der Waals surface area contributed by atoms with Crippen molar-refractivity contribution in [1.29, 1.82) is 0 Å². The molecule has 1 aliphatic heterocycles. The number of halogens is 1. The van der Waals surface area contributed by atoms with Crippen molar-refractivity contribution in [2.45, 2.75) is 0 Å². The van der Waals surface area contributed by atoms with Crippen LogP contribution >= 0.6 is 15.9 Å². The smallest absolute Gasteiger partial charge is 0.149 e. The molecule has 0 unspecified atom stereocenters. The van der Waals surface area contributed by atoms with Crippen molar-refractivity contribution in [3.05, 3.63) is 12.0 Å². The van der Waals surface area contributed by atoms with Crippen LogP contribution in [0.15, 0.2) is 12.0 Å². The minimum Gasteiger partial charge on any atom is -0.462 e. The topological polar surface area (TPSA) is 12.5 Å². The molecular formula is C3H3BrO. The molecule has 0 N–H and O–H groups in total. The van der Waals surface area contributed by atoms with Crippen LogP contribution in [0.3, 0.4) is 0 Å². The Kier molecular flexibility index (Phi) is 0.651. The van der Waals surface area contributed by atoms with Crippen LogP contribution in [0, 0.1) is 0 Å². The number of rotatable bonds is 1. The van der Waals surface area contributed by atoms with Crippen LogP contribution in [0.4, 0.5) is 0 Å². The van der Waals surface area contributed by atoms with E-state index in [0.717, 1.165) is 11.1 Å². The Morgan fingerprint density at radius 1 is 2.00 bits per heavy atom. The lowest BCUT2D eigenvalue weighted by Crippen LogP contribution is -1.57. The molecule has 1 rings (SSSR count). The second kappa shape index (κ2) is 1.01. The summed E-state index contributed by atoms with van der Waals surface area (Å²) in [6.45, 7) is 0. The Morgan fingerprint density at radius 2 is 2.60 bits per heavy atom. The van der Waals surface area contributed by atoms with E-state index in [9.17, 15) is 0 Å². The predicted octanol–water partition coefficient (Wildman–Crippen LogP) is 1.25. The van der Waals surface area contributed by atoms with Gasteiger partial charge in [0.15, 0.2) is 0 Å². The molecule has 0 saturated carbocycles.